The molecule has 7 rings (SSSR count). The predicted octanol–water partition coefficient (Wildman–Crippen LogP) is 6.10. The van der Waals surface area contributed by atoms with Crippen LogP contribution in [0, 0.1) is 6.07 Å². The number of carbonyl (C=O) groups is 1. The van der Waals surface area contributed by atoms with E-state index in [0.717, 1.165) is 16.4 Å². The van der Waals surface area contributed by atoms with Crippen molar-refractivity contribution in [3.63, 3.8) is 0 Å². The third kappa shape index (κ3) is 3.23. The Bertz CT molecular complexity index is 1710. The maximum absolute atomic E-state index is 10.1. The van der Waals surface area contributed by atoms with Crippen LogP contribution in [0.2, 0.25) is 0 Å². The number of aromatic nitrogens is 3. The Hall–Kier alpha value is -3.86. The normalized spacial score (nSPS) is 11.1. The van der Waals surface area contributed by atoms with Crippen molar-refractivity contribution in [1.29, 1.82) is 0 Å². The summed E-state index contributed by atoms with van der Waals surface area (Å²) in [5.41, 5.74) is 9.80. The van der Waals surface area contributed by atoms with Crippen LogP contribution in [-0.4, -0.2) is 25.6 Å². The van der Waals surface area contributed by atoms with E-state index >= 15 is 0 Å². The van der Waals surface area contributed by atoms with Gasteiger partial charge in [-0.15, -0.1) is 24.3 Å². The molecule has 1 aliphatic rings. The Morgan fingerprint density at radius 3 is 2.41 bits per heavy atom. The van der Waals surface area contributed by atoms with Gasteiger partial charge in [0.1, 0.15) is 5.69 Å². The molecule has 167 valence electrons. The van der Waals surface area contributed by atoms with E-state index in [4.69, 9.17) is 10.1 Å². The van der Waals surface area contributed by atoms with Gasteiger partial charge in [0.2, 0.25) is 0 Å². The van der Waals surface area contributed by atoms with Crippen molar-refractivity contribution < 1.29 is 30.0 Å². The van der Waals surface area contributed by atoms with Gasteiger partial charge in [-0.3, -0.25) is 4.98 Å². The molecule has 0 amide bonds. The standard InChI is InChI=1S/C22H13N2.C6H5NO2.Ir/c1-24-18-12-5-4-9-16(18)21-22(24)20-15-8-3-2-7-13(15)14-10-6-11-17(23-21)19(14)20;8-6(9)5-3-1-2-4-7-5;/h2-8,10-12H,1H3;1-4H,(H,8,9);/q-1;;. The van der Waals surface area contributed by atoms with Crippen LogP contribution < -0.4 is 0 Å². The largest absolute Gasteiger partial charge is 0.477 e. The first-order valence-corrected chi connectivity index (χ1v) is 10.6. The molecule has 1 radical (unpaired) electrons. The van der Waals surface area contributed by atoms with Gasteiger partial charge in [0.05, 0.1) is 5.52 Å². The Morgan fingerprint density at radius 2 is 1.68 bits per heavy atom. The van der Waals surface area contributed by atoms with Crippen molar-refractivity contribution in [1.82, 2.24) is 14.5 Å². The van der Waals surface area contributed by atoms with Crippen LogP contribution in [0.1, 0.15) is 10.5 Å². The van der Waals surface area contributed by atoms with Crippen molar-refractivity contribution in [2.75, 3.05) is 0 Å². The average molecular weight is 621 g/mol. The molecule has 0 aliphatic heterocycles. The Balaban J connectivity index is 0.000000206. The summed E-state index contributed by atoms with van der Waals surface area (Å²) in [5, 5.41) is 10.7. The summed E-state index contributed by atoms with van der Waals surface area (Å²) in [6.07, 6.45) is 1.45. The van der Waals surface area contributed by atoms with E-state index in [2.05, 4.69) is 71.2 Å². The number of fused-ring (bicyclic) bond motifs is 7. The molecule has 0 atom stereocenters. The van der Waals surface area contributed by atoms with Gasteiger partial charge in [-0.2, -0.15) is 0 Å². The van der Waals surface area contributed by atoms with Crippen LogP contribution in [0.3, 0.4) is 0 Å². The number of rotatable bonds is 1. The minimum absolute atomic E-state index is 0. The summed E-state index contributed by atoms with van der Waals surface area (Å²) in [6, 6.07) is 29.4. The molecule has 0 bridgehead atoms. The molecule has 3 heterocycles. The van der Waals surface area contributed by atoms with Crippen molar-refractivity contribution >= 4 is 38.8 Å². The minimum atomic E-state index is -0.990. The van der Waals surface area contributed by atoms with Crippen LogP contribution >= 0.6 is 0 Å². The number of nitrogens with zero attached hydrogens (tertiary/aromatic N) is 3. The van der Waals surface area contributed by atoms with Gasteiger partial charge in [-0.1, -0.05) is 47.9 Å². The first-order valence-electron chi connectivity index (χ1n) is 10.6. The second-order valence-corrected chi connectivity index (χ2v) is 7.94. The number of carboxylic acid groups (broad SMARTS) is 1. The van der Waals surface area contributed by atoms with Gasteiger partial charge in [0, 0.05) is 55.3 Å². The Morgan fingerprint density at radius 1 is 0.912 bits per heavy atom. The zero-order chi connectivity index (χ0) is 22.5. The van der Waals surface area contributed by atoms with E-state index in [1.807, 2.05) is 12.1 Å². The number of hydrogen-bond donors (Lipinski definition) is 1. The number of aryl methyl sites for hydroxylation is 1. The SMILES string of the molecule is Cn1c2ccc[c-]c2c2nc3cccc4c3c(c21)-c1ccccc1-4.O=C(O)c1ccccn1.[Ir]. The maximum Gasteiger partial charge on any atom is 0.354 e. The molecule has 5 nitrogen and oxygen atoms in total. The first-order chi connectivity index (χ1) is 16.1. The van der Waals surface area contributed by atoms with Crippen LogP contribution in [0.4, 0.5) is 0 Å². The number of carboxylic acids is 1. The second kappa shape index (κ2) is 8.49. The molecule has 0 saturated heterocycles. The fourth-order valence-corrected chi connectivity index (χ4v) is 4.74. The van der Waals surface area contributed by atoms with Crippen molar-refractivity contribution in [2.24, 2.45) is 7.05 Å². The van der Waals surface area contributed by atoms with Crippen molar-refractivity contribution in [2.45, 2.75) is 0 Å². The third-order valence-electron chi connectivity index (χ3n) is 6.12. The third-order valence-corrected chi connectivity index (χ3v) is 6.12. The summed E-state index contributed by atoms with van der Waals surface area (Å²) in [5.74, 6) is -0.990. The first kappa shape index (κ1) is 22.0. The monoisotopic (exact) mass is 621 g/mol. The zero-order valence-electron chi connectivity index (χ0n) is 18.1. The zero-order valence-corrected chi connectivity index (χ0v) is 20.5. The van der Waals surface area contributed by atoms with E-state index in [0.29, 0.717) is 0 Å². The van der Waals surface area contributed by atoms with E-state index in [-0.39, 0.29) is 25.8 Å². The minimum Gasteiger partial charge on any atom is -0.477 e. The topological polar surface area (TPSA) is 68.0 Å². The van der Waals surface area contributed by atoms with E-state index in [1.165, 1.54) is 50.9 Å². The fraction of sp³-hybridized carbons (Fsp3) is 0.0357. The summed E-state index contributed by atoms with van der Waals surface area (Å²) >= 11 is 0. The summed E-state index contributed by atoms with van der Waals surface area (Å²) in [6.45, 7) is 0. The molecule has 34 heavy (non-hydrogen) atoms. The van der Waals surface area contributed by atoms with Gasteiger partial charge < -0.3 is 9.67 Å². The number of benzene rings is 3. The van der Waals surface area contributed by atoms with Crippen molar-refractivity contribution in [3.05, 3.63) is 96.8 Å². The molecule has 0 spiro atoms. The number of hydrogen-bond acceptors (Lipinski definition) is 3. The van der Waals surface area contributed by atoms with E-state index in [9.17, 15) is 4.79 Å². The summed E-state index contributed by atoms with van der Waals surface area (Å²) in [7, 11) is 2.13. The number of aromatic carboxylic acids is 1. The molecular weight excluding hydrogens is 603 g/mol. The molecule has 6 aromatic rings. The molecule has 1 aliphatic carbocycles. The maximum atomic E-state index is 10.1. The number of pyridine rings is 2. The van der Waals surface area contributed by atoms with Gasteiger partial charge in [-0.05, 0) is 40.4 Å². The molecule has 1 N–H and O–H groups in total. The fourth-order valence-electron chi connectivity index (χ4n) is 4.74. The molecule has 3 aromatic carbocycles. The smallest absolute Gasteiger partial charge is 0.354 e. The molecule has 0 saturated carbocycles. The predicted molar refractivity (Wildman–Crippen MR) is 130 cm³/mol. The summed E-state index contributed by atoms with van der Waals surface area (Å²) < 4.78 is 2.27. The van der Waals surface area contributed by atoms with Crippen LogP contribution in [0.5, 0.6) is 0 Å². The van der Waals surface area contributed by atoms with Crippen LogP contribution in [0.25, 0.3) is 55.1 Å². The Labute approximate surface area is 209 Å². The molecule has 3 aromatic heterocycles. The van der Waals surface area contributed by atoms with Gasteiger partial charge in [0.15, 0.2) is 0 Å². The molecular formula is C28H18IrN3O2-. The van der Waals surface area contributed by atoms with Gasteiger partial charge in [0.25, 0.3) is 0 Å². The van der Waals surface area contributed by atoms with Crippen molar-refractivity contribution in [3.8, 4) is 22.3 Å². The average Bonchev–Trinajstić information content (AvgIpc) is 3.34. The van der Waals surface area contributed by atoms with E-state index in [1.54, 1.807) is 12.1 Å². The van der Waals surface area contributed by atoms with Gasteiger partial charge in [-0.25, -0.2) is 9.78 Å². The van der Waals surface area contributed by atoms with E-state index < -0.39 is 5.97 Å². The molecule has 0 fully saturated rings. The summed E-state index contributed by atoms with van der Waals surface area (Å²) in [4.78, 5) is 18.7. The molecule has 0 unspecified atom stereocenters. The van der Waals surface area contributed by atoms with Crippen LogP contribution in [0.15, 0.2) is 85.1 Å². The quantitative estimate of drug-likeness (QED) is 0.225. The molecule has 6 heteroatoms. The second-order valence-electron chi connectivity index (χ2n) is 7.94. The van der Waals surface area contributed by atoms with Gasteiger partial charge >= 0.3 is 5.97 Å². The Kier molecular flexibility index (Phi) is 5.48. The van der Waals surface area contributed by atoms with Crippen LogP contribution in [-0.2, 0) is 27.2 Å².